The second kappa shape index (κ2) is 5.49. The summed E-state index contributed by atoms with van der Waals surface area (Å²) >= 11 is 5.80. The molecule has 0 bridgehead atoms. The zero-order chi connectivity index (χ0) is 16.0. The molecule has 1 aromatic carbocycles. The van der Waals surface area contributed by atoms with Crippen molar-refractivity contribution in [1.82, 2.24) is 9.62 Å². The molecular weight excluding hydrogens is 328 g/mol. The molecule has 0 aliphatic carbocycles. The van der Waals surface area contributed by atoms with Gasteiger partial charge in [0, 0.05) is 37.1 Å². The van der Waals surface area contributed by atoms with E-state index in [0.717, 1.165) is 0 Å². The van der Waals surface area contributed by atoms with E-state index in [0.29, 0.717) is 23.7 Å². The summed E-state index contributed by atoms with van der Waals surface area (Å²) in [5.74, 6) is -1.24. The van der Waals surface area contributed by atoms with Crippen molar-refractivity contribution in [3.8, 4) is 0 Å². The van der Waals surface area contributed by atoms with Crippen LogP contribution in [0.4, 0.5) is 0 Å². The van der Waals surface area contributed by atoms with Crippen LogP contribution in [0.1, 0.15) is 5.56 Å². The molecule has 2 aliphatic rings. The lowest BCUT2D eigenvalue weighted by molar-refractivity contribution is -0.148. The number of hydrogen-bond donors (Lipinski definition) is 2. The van der Waals surface area contributed by atoms with Gasteiger partial charge in [-0.15, -0.1) is 0 Å². The number of hydrogen-bond acceptors (Lipinski definition) is 4. The van der Waals surface area contributed by atoms with Crippen molar-refractivity contribution in [2.75, 3.05) is 26.2 Å². The largest absolute Gasteiger partial charge is 0.481 e. The highest BCUT2D eigenvalue weighted by Gasteiger charge is 2.57. The Morgan fingerprint density at radius 2 is 2.09 bits per heavy atom. The van der Waals surface area contributed by atoms with Crippen LogP contribution in [0.5, 0.6) is 0 Å². The van der Waals surface area contributed by atoms with Crippen LogP contribution < -0.4 is 5.32 Å². The third kappa shape index (κ3) is 2.62. The van der Waals surface area contributed by atoms with Crippen molar-refractivity contribution < 1.29 is 18.3 Å². The number of rotatable bonds is 4. The number of fused-ring (bicyclic) bond motifs is 1. The fourth-order valence-corrected chi connectivity index (χ4v) is 5.03. The Morgan fingerprint density at radius 3 is 2.68 bits per heavy atom. The van der Waals surface area contributed by atoms with Gasteiger partial charge in [0.25, 0.3) is 0 Å². The molecule has 0 unspecified atom stereocenters. The average Bonchev–Trinajstić information content (AvgIpc) is 2.99. The monoisotopic (exact) mass is 344 g/mol. The molecule has 0 spiro atoms. The second-order valence-electron chi connectivity index (χ2n) is 5.96. The highest BCUT2D eigenvalue weighted by atomic mass is 35.5. The van der Waals surface area contributed by atoms with Gasteiger partial charge >= 0.3 is 5.97 Å². The summed E-state index contributed by atoms with van der Waals surface area (Å²) in [5.41, 5.74) is -0.350. The molecule has 2 fully saturated rings. The summed E-state index contributed by atoms with van der Waals surface area (Å²) in [6.45, 7) is 1.16. The molecule has 2 saturated heterocycles. The van der Waals surface area contributed by atoms with E-state index in [-0.39, 0.29) is 24.8 Å². The maximum atomic E-state index is 12.6. The Labute approximate surface area is 134 Å². The molecule has 2 N–H and O–H groups in total. The Balaban J connectivity index is 1.79. The van der Waals surface area contributed by atoms with E-state index >= 15 is 0 Å². The molecule has 0 amide bonds. The predicted molar refractivity (Wildman–Crippen MR) is 82.1 cm³/mol. The molecule has 2 heterocycles. The number of carboxylic acids is 1. The van der Waals surface area contributed by atoms with E-state index in [1.165, 1.54) is 4.31 Å². The van der Waals surface area contributed by atoms with E-state index in [4.69, 9.17) is 11.6 Å². The average molecular weight is 345 g/mol. The van der Waals surface area contributed by atoms with Crippen molar-refractivity contribution in [1.29, 1.82) is 0 Å². The fourth-order valence-electron chi connectivity index (χ4n) is 3.27. The summed E-state index contributed by atoms with van der Waals surface area (Å²) < 4.78 is 26.4. The molecule has 0 aromatic heterocycles. The van der Waals surface area contributed by atoms with E-state index in [1.54, 1.807) is 24.3 Å². The summed E-state index contributed by atoms with van der Waals surface area (Å²) in [4.78, 5) is 11.6. The molecule has 0 saturated carbocycles. The molecule has 0 radical (unpaired) electrons. The molecule has 3 rings (SSSR count). The van der Waals surface area contributed by atoms with Crippen LogP contribution in [0.25, 0.3) is 0 Å². The van der Waals surface area contributed by atoms with Crippen molar-refractivity contribution in [3.05, 3.63) is 34.9 Å². The second-order valence-corrected chi connectivity index (χ2v) is 8.37. The van der Waals surface area contributed by atoms with Gasteiger partial charge in [-0.1, -0.05) is 23.7 Å². The standard InChI is InChI=1S/C14H17ClN2O4S/c15-12-3-1-10(2-4-12)7-22(20,21)17-6-11-5-16-8-14(11,9-17)13(18)19/h1-4,11,16H,5-9H2,(H,18,19)/t11-,14-/m0/s1. The predicted octanol–water partition coefficient (Wildman–Crippen LogP) is 0.776. The number of nitrogens with one attached hydrogen (secondary N) is 1. The zero-order valence-electron chi connectivity index (χ0n) is 11.8. The van der Waals surface area contributed by atoms with Crippen molar-refractivity contribution >= 4 is 27.6 Å². The SMILES string of the molecule is O=C(O)[C@]12CNC[C@H]1CN(S(=O)(=O)Cc1ccc(Cl)cc1)C2. The van der Waals surface area contributed by atoms with Crippen LogP contribution in [-0.4, -0.2) is 50.0 Å². The van der Waals surface area contributed by atoms with Crippen LogP contribution in [0.15, 0.2) is 24.3 Å². The maximum Gasteiger partial charge on any atom is 0.312 e. The normalized spacial score (nSPS) is 28.7. The quantitative estimate of drug-likeness (QED) is 0.842. The van der Waals surface area contributed by atoms with Gasteiger partial charge in [0.15, 0.2) is 0 Å². The van der Waals surface area contributed by atoms with Crippen LogP contribution in [0.2, 0.25) is 5.02 Å². The number of benzene rings is 1. The van der Waals surface area contributed by atoms with Gasteiger partial charge < -0.3 is 10.4 Å². The number of nitrogens with zero attached hydrogens (tertiary/aromatic N) is 1. The third-order valence-electron chi connectivity index (χ3n) is 4.58. The molecule has 120 valence electrons. The zero-order valence-corrected chi connectivity index (χ0v) is 13.4. The lowest BCUT2D eigenvalue weighted by Crippen LogP contribution is -2.41. The highest BCUT2D eigenvalue weighted by molar-refractivity contribution is 7.88. The number of sulfonamides is 1. The van der Waals surface area contributed by atoms with E-state index in [1.807, 2.05) is 0 Å². The number of carbonyl (C=O) groups is 1. The molecule has 1 aromatic rings. The van der Waals surface area contributed by atoms with Crippen LogP contribution in [0, 0.1) is 11.3 Å². The first-order valence-corrected chi connectivity index (χ1v) is 8.99. The number of carboxylic acid groups (broad SMARTS) is 1. The van der Waals surface area contributed by atoms with Gasteiger partial charge in [0.1, 0.15) is 0 Å². The minimum atomic E-state index is -3.54. The minimum absolute atomic E-state index is 0.0376. The first kappa shape index (κ1) is 15.7. The van der Waals surface area contributed by atoms with Gasteiger partial charge in [-0.05, 0) is 17.7 Å². The molecule has 6 nitrogen and oxygen atoms in total. The summed E-state index contributed by atoms with van der Waals surface area (Å²) in [5, 5.41) is 13.1. The lowest BCUT2D eigenvalue weighted by atomic mass is 9.81. The number of aliphatic carboxylic acids is 1. The summed E-state index contributed by atoms with van der Waals surface area (Å²) in [7, 11) is -3.54. The lowest BCUT2D eigenvalue weighted by Gasteiger charge is -2.22. The molecule has 2 atom stereocenters. The number of halogens is 1. The van der Waals surface area contributed by atoms with Gasteiger partial charge in [0.05, 0.1) is 11.2 Å². The minimum Gasteiger partial charge on any atom is -0.481 e. The third-order valence-corrected chi connectivity index (χ3v) is 6.59. The van der Waals surface area contributed by atoms with Crippen LogP contribution in [-0.2, 0) is 20.6 Å². The Bertz CT molecular complexity index is 691. The first-order valence-electron chi connectivity index (χ1n) is 7.00. The molecule has 2 aliphatic heterocycles. The Morgan fingerprint density at radius 1 is 1.41 bits per heavy atom. The maximum absolute atomic E-state index is 12.6. The van der Waals surface area contributed by atoms with Gasteiger partial charge in [-0.2, -0.15) is 0 Å². The van der Waals surface area contributed by atoms with Crippen molar-refractivity contribution in [2.24, 2.45) is 11.3 Å². The fraction of sp³-hybridized carbons (Fsp3) is 0.500. The van der Waals surface area contributed by atoms with Gasteiger partial charge in [0.2, 0.25) is 10.0 Å². The van der Waals surface area contributed by atoms with Crippen LogP contribution >= 0.6 is 11.6 Å². The molecule has 22 heavy (non-hydrogen) atoms. The Kier molecular flexibility index (Phi) is 3.92. The summed E-state index contributed by atoms with van der Waals surface area (Å²) in [6.07, 6.45) is 0. The highest BCUT2D eigenvalue weighted by Crippen LogP contribution is 2.40. The van der Waals surface area contributed by atoms with E-state index < -0.39 is 21.4 Å². The Hall–Kier alpha value is -1.15. The molecule has 8 heteroatoms. The van der Waals surface area contributed by atoms with Crippen molar-refractivity contribution in [3.63, 3.8) is 0 Å². The van der Waals surface area contributed by atoms with E-state index in [2.05, 4.69) is 5.32 Å². The first-order chi connectivity index (χ1) is 10.3. The van der Waals surface area contributed by atoms with Crippen molar-refractivity contribution in [2.45, 2.75) is 5.75 Å². The van der Waals surface area contributed by atoms with Crippen LogP contribution in [0.3, 0.4) is 0 Å². The molecular formula is C14H17ClN2O4S. The van der Waals surface area contributed by atoms with E-state index in [9.17, 15) is 18.3 Å². The summed E-state index contributed by atoms with van der Waals surface area (Å²) in [6, 6.07) is 6.64. The smallest absolute Gasteiger partial charge is 0.312 e. The topological polar surface area (TPSA) is 86.7 Å². The van der Waals surface area contributed by atoms with Gasteiger partial charge in [-0.3, -0.25) is 4.79 Å². The van der Waals surface area contributed by atoms with Gasteiger partial charge in [-0.25, -0.2) is 12.7 Å².